The molecule has 0 amide bonds. The Morgan fingerprint density at radius 1 is 1.57 bits per heavy atom. The number of hydrogen-bond donors (Lipinski definition) is 2. The molecular formula is C8H16N4O2. The fraction of sp³-hybridized carbons (Fsp3) is 0.750. The molecule has 3 N–H and O–H groups in total. The number of nitrogens with zero attached hydrogens (tertiary/aromatic N) is 3. The number of aromatic nitrogens is 2. The molecule has 0 aliphatic carbocycles. The largest absolute Gasteiger partial charge is 0.382 e. The van der Waals surface area contributed by atoms with Gasteiger partial charge in [0.1, 0.15) is 6.10 Å². The van der Waals surface area contributed by atoms with E-state index in [1.165, 1.54) is 0 Å². The van der Waals surface area contributed by atoms with Crippen molar-refractivity contribution in [2.24, 2.45) is 5.73 Å². The Morgan fingerprint density at radius 3 is 2.86 bits per heavy atom. The van der Waals surface area contributed by atoms with Crippen LogP contribution >= 0.6 is 0 Å². The second-order valence-corrected chi connectivity index (χ2v) is 3.35. The Bertz CT molecular complexity index is 274. The molecule has 0 spiro atoms. The quantitative estimate of drug-likeness (QED) is 0.644. The van der Waals surface area contributed by atoms with Crippen molar-refractivity contribution in [3.63, 3.8) is 0 Å². The summed E-state index contributed by atoms with van der Waals surface area (Å²) in [6.45, 7) is 0.938. The maximum Gasteiger partial charge on any atom is 0.256 e. The number of likely N-dealkylation sites (N-methyl/N-ethyl adjacent to an activating group) is 1. The van der Waals surface area contributed by atoms with Crippen molar-refractivity contribution in [1.29, 1.82) is 0 Å². The smallest absolute Gasteiger partial charge is 0.256 e. The monoisotopic (exact) mass is 200 g/mol. The van der Waals surface area contributed by atoms with Crippen LogP contribution in [0.4, 0.5) is 0 Å². The Kier molecular flexibility index (Phi) is 3.99. The standard InChI is InChI=1S/C8H16N4O2/c1-12(2)4-3-7-10-8(14-11-7)6(13)5-9/h6,13H,3-5,9H2,1-2H3/t6-/m0/s1. The van der Waals surface area contributed by atoms with Gasteiger partial charge in [-0.2, -0.15) is 4.98 Å². The lowest BCUT2D eigenvalue weighted by Gasteiger charge is -2.05. The summed E-state index contributed by atoms with van der Waals surface area (Å²) in [4.78, 5) is 6.04. The average Bonchev–Trinajstić information content (AvgIpc) is 2.62. The third-order valence-corrected chi connectivity index (χ3v) is 1.77. The van der Waals surface area contributed by atoms with Gasteiger partial charge in [-0.3, -0.25) is 0 Å². The van der Waals surface area contributed by atoms with E-state index in [1.54, 1.807) is 0 Å². The minimum atomic E-state index is -0.851. The van der Waals surface area contributed by atoms with Crippen LogP contribution < -0.4 is 5.73 Å². The van der Waals surface area contributed by atoms with Crippen LogP contribution in [0.15, 0.2) is 4.52 Å². The Morgan fingerprint density at radius 2 is 2.29 bits per heavy atom. The third kappa shape index (κ3) is 3.06. The van der Waals surface area contributed by atoms with Gasteiger partial charge in [-0.05, 0) is 14.1 Å². The fourth-order valence-corrected chi connectivity index (χ4v) is 0.929. The molecule has 0 aliphatic heterocycles. The van der Waals surface area contributed by atoms with Crippen LogP contribution in [0.1, 0.15) is 17.8 Å². The van der Waals surface area contributed by atoms with Gasteiger partial charge in [-0.25, -0.2) is 0 Å². The van der Waals surface area contributed by atoms with Crippen LogP contribution in [0.3, 0.4) is 0 Å². The number of rotatable bonds is 5. The summed E-state index contributed by atoms with van der Waals surface area (Å²) >= 11 is 0. The zero-order chi connectivity index (χ0) is 10.6. The molecule has 1 aromatic rings. The van der Waals surface area contributed by atoms with Crippen molar-refractivity contribution < 1.29 is 9.63 Å². The van der Waals surface area contributed by atoms with Gasteiger partial charge in [0.25, 0.3) is 5.89 Å². The van der Waals surface area contributed by atoms with E-state index in [0.717, 1.165) is 6.54 Å². The molecule has 1 heterocycles. The zero-order valence-electron chi connectivity index (χ0n) is 8.47. The molecule has 0 radical (unpaired) electrons. The van der Waals surface area contributed by atoms with Crippen LogP contribution in [-0.2, 0) is 6.42 Å². The Hall–Kier alpha value is -0.980. The fourth-order valence-electron chi connectivity index (χ4n) is 0.929. The first kappa shape index (κ1) is 11.1. The van der Waals surface area contributed by atoms with E-state index in [2.05, 4.69) is 10.1 Å². The van der Waals surface area contributed by atoms with Gasteiger partial charge in [0, 0.05) is 19.5 Å². The topological polar surface area (TPSA) is 88.4 Å². The summed E-state index contributed by atoms with van der Waals surface area (Å²) < 4.78 is 4.84. The SMILES string of the molecule is CN(C)CCc1noc([C@@H](O)CN)n1. The van der Waals surface area contributed by atoms with Crippen LogP contribution in [0.25, 0.3) is 0 Å². The Labute approximate surface area is 82.7 Å². The van der Waals surface area contributed by atoms with Crippen molar-refractivity contribution in [2.45, 2.75) is 12.5 Å². The van der Waals surface area contributed by atoms with E-state index in [-0.39, 0.29) is 12.4 Å². The molecule has 1 rings (SSSR count). The molecule has 0 saturated heterocycles. The van der Waals surface area contributed by atoms with Crippen LogP contribution in [0, 0.1) is 0 Å². The Balaban J connectivity index is 2.50. The molecule has 80 valence electrons. The van der Waals surface area contributed by atoms with Crippen LogP contribution in [-0.4, -0.2) is 47.3 Å². The number of aliphatic hydroxyl groups is 1. The average molecular weight is 200 g/mol. The van der Waals surface area contributed by atoms with Crippen molar-refractivity contribution in [2.75, 3.05) is 27.2 Å². The minimum absolute atomic E-state index is 0.0926. The van der Waals surface area contributed by atoms with Gasteiger partial charge in [-0.1, -0.05) is 5.16 Å². The van der Waals surface area contributed by atoms with E-state index in [1.807, 2.05) is 19.0 Å². The van der Waals surface area contributed by atoms with E-state index in [0.29, 0.717) is 12.2 Å². The number of nitrogens with two attached hydrogens (primary N) is 1. The molecular weight excluding hydrogens is 184 g/mol. The highest BCUT2D eigenvalue weighted by Crippen LogP contribution is 2.08. The molecule has 0 aliphatic rings. The van der Waals surface area contributed by atoms with Crippen molar-refractivity contribution in [1.82, 2.24) is 15.0 Å². The molecule has 0 bridgehead atoms. The lowest BCUT2D eigenvalue weighted by atomic mass is 10.3. The second-order valence-electron chi connectivity index (χ2n) is 3.35. The van der Waals surface area contributed by atoms with Gasteiger partial charge in [0.15, 0.2) is 5.82 Å². The van der Waals surface area contributed by atoms with E-state index >= 15 is 0 Å². The first-order chi connectivity index (χ1) is 6.63. The normalized spacial score (nSPS) is 13.5. The molecule has 6 heteroatoms. The summed E-state index contributed by atoms with van der Waals surface area (Å²) in [6.07, 6.45) is -0.149. The lowest BCUT2D eigenvalue weighted by molar-refractivity contribution is 0.141. The molecule has 1 aromatic heterocycles. The van der Waals surface area contributed by atoms with Crippen molar-refractivity contribution in [3.8, 4) is 0 Å². The molecule has 0 unspecified atom stereocenters. The maximum atomic E-state index is 9.29. The van der Waals surface area contributed by atoms with E-state index in [9.17, 15) is 5.11 Å². The predicted octanol–water partition coefficient (Wildman–Crippen LogP) is -0.834. The summed E-state index contributed by atoms with van der Waals surface area (Å²) in [7, 11) is 3.94. The van der Waals surface area contributed by atoms with Gasteiger partial charge in [0.05, 0.1) is 0 Å². The summed E-state index contributed by atoms with van der Waals surface area (Å²) in [5.74, 6) is 0.794. The molecule has 6 nitrogen and oxygen atoms in total. The summed E-state index contributed by atoms with van der Waals surface area (Å²) in [5, 5.41) is 13.0. The van der Waals surface area contributed by atoms with E-state index in [4.69, 9.17) is 10.3 Å². The maximum absolute atomic E-state index is 9.29. The molecule has 14 heavy (non-hydrogen) atoms. The highest BCUT2D eigenvalue weighted by molar-refractivity contribution is 4.90. The third-order valence-electron chi connectivity index (χ3n) is 1.77. The van der Waals surface area contributed by atoms with Crippen molar-refractivity contribution in [3.05, 3.63) is 11.7 Å². The molecule has 0 fully saturated rings. The molecule has 1 atom stereocenters. The first-order valence-electron chi connectivity index (χ1n) is 4.49. The summed E-state index contributed by atoms with van der Waals surface area (Å²) in [6, 6.07) is 0. The zero-order valence-corrected chi connectivity index (χ0v) is 8.47. The van der Waals surface area contributed by atoms with Crippen LogP contribution in [0.2, 0.25) is 0 Å². The molecule has 0 saturated carbocycles. The van der Waals surface area contributed by atoms with Gasteiger partial charge in [-0.15, -0.1) is 0 Å². The lowest BCUT2D eigenvalue weighted by Crippen LogP contribution is -2.16. The van der Waals surface area contributed by atoms with Crippen LogP contribution in [0.5, 0.6) is 0 Å². The predicted molar refractivity (Wildman–Crippen MR) is 50.6 cm³/mol. The first-order valence-corrected chi connectivity index (χ1v) is 4.49. The van der Waals surface area contributed by atoms with Gasteiger partial charge in [0.2, 0.25) is 0 Å². The number of hydrogen-bond acceptors (Lipinski definition) is 6. The summed E-state index contributed by atoms with van der Waals surface area (Å²) in [5.41, 5.74) is 5.25. The van der Waals surface area contributed by atoms with Crippen molar-refractivity contribution >= 4 is 0 Å². The van der Waals surface area contributed by atoms with Gasteiger partial charge < -0.3 is 20.3 Å². The molecule has 0 aromatic carbocycles. The number of aliphatic hydroxyl groups excluding tert-OH is 1. The minimum Gasteiger partial charge on any atom is -0.382 e. The van der Waals surface area contributed by atoms with Gasteiger partial charge >= 0.3 is 0 Å². The second kappa shape index (κ2) is 5.04. The van der Waals surface area contributed by atoms with E-state index < -0.39 is 6.10 Å². The highest BCUT2D eigenvalue weighted by atomic mass is 16.5. The highest BCUT2D eigenvalue weighted by Gasteiger charge is 2.13.